The van der Waals surface area contributed by atoms with Gasteiger partial charge in [0.15, 0.2) is 0 Å². The molecule has 11 heavy (non-hydrogen) atoms. The van der Waals surface area contributed by atoms with E-state index in [1.165, 1.54) is 6.92 Å². The Morgan fingerprint density at radius 3 is 2.45 bits per heavy atom. The van der Waals surface area contributed by atoms with E-state index in [1.807, 2.05) is 0 Å². The van der Waals surface area contributed by atoms with E-state index in [-0.39, 0.29) is 13.0 Å². The van der Waals surface area contributed by atoms with Crippen LogP contribution in [0.5, 0.6) is 0 Å². The van der Waals surface area contributed by atoms with Crippen molar-refractivity contribution in [2.75, 3.05) is 6.54 Å². The van der Waals surface area contributed by atoms with Gasteiger partial charge in [-0.05, 0) is 6.92 Å². The van der Waals surface area contributed by atoms with Crippen molar-refractivity contribution in [1.29, 1.82) is 0 Å². The van der Waals surface area contributed by atoms with Crippen LogP contribution in [0.1, 0.15) is 13.3 Å². The summed E-state index contributed by atoms with van der Waals surface area (Å²) in [6, 6.07) is 0. The predicted molar refractivity (Wildman–Crippen MR) is 36.9 cm³/mol. The molecule has 0 spiro atoms. The van der Waals surface area contributed by atoms with Crippen molar-refractivity contribution in [2.45, 2.75) is 19.4 Å². The van der Waals surface area contributed by atoms with Crippen LogP contribution >= 0.6 is 0 Å². The van der Waals surface area contributed by atoms with Crippen LogP contribution in [0, 0.1) is 0 Å². The van der Waals surface area contributed by atoms with Gasteiger partial charge in [0.1, 0.15) is 6.10 Å². The van der Waals surface area contributed by atoms with Crippen molar-refractivity contribution in [3.05, 3.63) is 0 Å². The van der Waals surface area contributed by atoms with Crippen LogP contribution in [0.4, 0.5) is 0 Å². The summed E-state index contributed by atoms with van der Waals surface area (Å²) in [4.78, 5) is 20.5. The molecule has 0 aromatic heterocycles. The van der Waals surface area contributed by atoms with Gasteiger partial charge < -0.3 is 15.5 Å². The lowest BCUT2D eigenvalue weighted by molar-refractivity contribution is -0.137. The van der Waals surface area contributed by atoms with Gasteiger partial charge in [-0.3, -0.25) is 9.59 Å². The molecule has 1 amide bonds. The summed E-state index contributed by atoms with van der Waals surface area (Å²) in [6.07, 6.45) is -1.21. The third kappa shape index (κ3) is 5.35. The van der Waals surface area contributed by atoms with Gasteiger partial charge >= 0.3 is 5.97 Å². The molecule has 0 rings (SSSR count). The van der Waals surface area contributed by atoms with Gasteiger partial charge in [0.2, 0.25) is 5.91 Å². The molecule has 0 saturated heterocycles. The molecule has 1 atom stereocenters. The molecule has 0 heterocycles. The molecule has 1 unspecified atom stereocenters. The topological polar surface area (TPSA) is 86.6 Å². The largest absolute Gasteiger partial charge is 0.481 e. The van der Waals surface area contributed by atoms with Gasteiger partial charge in [0, 0.05) is 6.54 Å². The molecule has 3 N–H and O–H groups in total. The minimum Gasteiger partial charge on any atom is -0.481 e. The lowest BCUT2D eigenvalue weighted by Gasteiger charge is -2.04. The maximum atomic E-state index is 10.6. The highest BCUT2D eigenvalue weighted by atomic mass is 16.4. The fourth-order valence-electron chi connectivity index (χ4n) is 0.440. The first-order chi connectivity index (χ1) is 5.04. The van der Waals surface area contributed by atoms with Crippen molar-refractivity contribution >= 4 is 11.9 Å². The smallest absolute Gasteiger partial charge is 0.305 e. The van der Waals surface area contributed by atoms with Gasteiger partial charge in [0.25, 0.3) is 0 Å². The molecule has 0 radical (unpaired) electrons. The lowest BCUT2D eigenvalue weighted by atomic mass is 10.3. The van der Waals surface area contributed by atoms with Crippen molar-refractivity contribution in [2.24, 2.45) is 0 Å². The first kappa shape index (κ1) is 9.90. The minimum atomic E-state index is -1.08. The van der Waals surface area contributed by atoms with Crippen LogP contribution < -0.4 is 5.32 Å². The highest BCUT2D eigenvalue weighted by Crippen LogP contribution is 1.80. The zero-order valence-electron chi connectivity index (χ0n) is 6.20. The minimum absolute atomic E-state index is 0.0546. The number of carboxylic acid groups (broad SMARTS) is 1. The van der Waals surface area contributed by atoms with Crippen molar-refractivity contribution in [3.8, 4) is 0 Å². The number of carbonyl (C=O) groups excluding carboxylic acids is 1. The third-order valence-corrected chi connectivity index (χ3v) is 1.02. The molecule has 5 heteroatoms. The Bertz CT molecular complexity index is 155. The SMILES string of the molecule is CC(O)C(=O)NCCC(=O)O. The Kier molecular flexibility index (Phi) is 4.21. The second-order valence-electron chi connectivity index (χ2n) is 2.11. The zero-order chi connectivity index (χ0) is 8.85. The Labute approximate surface area is 64.0 Å². The van der Waals surface area contributed by atoms with Gasteiger partial charge in [-0.25, -0.2) is 0 Å². The third-order valence-electron chi connectivity index (χ3n) is 1.02. The molecule has 0 aliphatic heterocycles. The van der Waals surface area contributed by atoms with E-state index < -0.39 is 18.0 Å². The maximum Gasteiger partial charge on any atom is 0.305 e. The highest BCUT2D eigenvalue weighted by Gasteiger charge is 2.07. The van der Waals surface area contributed by atoms with E-state index in [0.717, 1.165) is 0 Å². The Balaban J connectivity index is 3.39. The van der Waals surface area contributed by atoms with E-state index >= 15 is 0 Å². The summed E-state index contributed by atoms with van der Waals surface area (Å²) < 4.78 is 0. The number of nitrogens with one attached hydrogen (secondary N) is 1. The second kappa shape index (κ2) is 4.68. The first-order valence-electron chi connectivity index (χ1n) is 3.21. The van der Waals surface area contributed by atoms with E-state index in [9.17, 15) is 9.59 Å². The molecule has 0 aliphatic carbocycles. The fourth-order valence-corrected chi connectivity index (χ4v) is 0.440. The number of rotatable bonds is 4. The van der Waals surface area contributed by atoms with Crippen molar-refractivity contribution in [1.82, 2.24) is 5.32 Å². The van der Waals surface area contributed by atoms with Gasteiger partial charge in [-0.1, -0.05) is 0 Å². The Morgan fingerprint density at radius 2 is 2.09 bits per heavy atom. The fraction of sp³-hybridized carbons (Fsp3) is 0.667. The number of carboxylic acids is 1. The average Bonchev–Trinajstić information content (AvgIpc) is 1.86. The van der Waals surface area contributed by atoms with Crippen molar-refractivity contribution in [3.63, 3.8) is 0 Å². The molecule has 0 aliphatic rings. The summed E-state index contributed by atoms with van der Waals surface area (Å²) in [5.41, 5.74) is 0. The predicted octanol–water partition coefficient (Wildman–Crippen LogP) is -1.04. The quantitative estimate of drug-likeness (QED) is 0.491. The number of carbonyl (C=O) groups is 2. The number of aliphatic hydroxyl groups excluding tert-OH is 1. The second-order valence-corrected chi connectivity index (χ2v) is 2.11. The number of hydrogen-bond acceptors (Lipinski definition) is 3. The van der Waals surface area contributed by atoms with Crippen LogP contribution in [0.25, 0.3) is 0 Å². The van der Waals surface area contributed by atoms with Gasteiger partial charge in [-0.15, -0.1) is 0 Å². The normalized spacial score (nSPS) is 12.2. The standard InChI is InChI=1S/C6H11NO4/c1-4(8)6(11)7-3-2-5(9)10/h4,8H,2-3H2,1H3,(H,7,11)(H,9,10). The van der Waals surface area contributed by atoms with Gasteiger partial charge in [-0.2, -0.15) is 0 Å². The average molecular weight is 161 g/mol. The summed E-state index contributed by atoms with van der Waals surface area (Å²) in [6.45, 7) is 1.37. The molecular weight excluding hydrogens is 150 g/mol. The van der Waals surface area contributed by atoms with E-state index in [4.69, 9.17) is 10.2 Å². The zero-order valence-corrected chi connectivity index (χ0v) is 6.20. The monoisotopic (exact) mass is 161 g/mol. The van der Waals surface area contributed by atoms with Crippen LogP contribution in [0.2, 0.25) is 0 Å². The molecule has 0 aromatic carbocycles. The van der Waals surface area contributed by atoms with E-state index in [1.54, 1.807) is 0 Å². The van der Waals surface area contributed by atoms with Gasteiger partial charge in [0.05, 0.1) is 6.42 Å². The molecule has 0 bridgehead atoms. The number of hydrogen-bond donors (Lipinski definition) is 3. The molecule has 0 saturated carbocycles. The number of aliphatic hydroxyl groups is 1. The Morgan fingerprint density at radius 1 is 1.55 bits per heavy atom. The summed E-state index contributed by atoms with van der Waals surface area (Å²) in [5, 5.41) is 19.0. The maximum absolute atomic E-state index is 10.6. The molecular formula is C6H11NO4. The number of aliphatic carboxylic acids is 1. The highest BCUT2D eigenvalue weighted by molar-refractivity contribution is 5.80. The summed E-state index contributed by atoms with van der Waals surface area (Å²) in [7, 11) is 0. The number of amides is 1. The molecule has 0 aromatic rings. The van der Waals surface area contributed by atoms with E-state index in [0.29, 0.717) is 0 Å². The summed E-state index contributed by atoms with van der Waals surface area (Å²) in [5.74, 6) is -1.53. The van der Waals surface area contributed by atoms with Crippen LogP contribution in [0.3, 0.4) is 0 Å². The molecule has 0 fully saturated rings. The van der Waals surface area contributed by atoms with Crippen LogP contribution in [-0.2, 0) is 9.59 Å². The lowest BCUT2D eigenvalue weighted by Crippen LogP contribution is -2.33. The van der Waals surface area contributed by atoms with Crippen LogP contribution in [0.15, 0.2) is 0 Å². The first-order valence-corrected chi connectivity index (χ1v) is 3.21. The summed E-state index contributed by atoms with van der Waals surface area (Å²) >= 11 is 0. The van der Waals surface area contributed by atoms with E-state index in [2.05, 4.69) is 5.32 Å². The molecule has 5 nitrogen and oxygen atoms in total. The van der Waals surface area contributed by atoms with Crippen LogP contribution in [-0.4, -0.2) is 34.7 Å². The Hall–Kier alpha value is -1.10. The van der Waals surface area contributed by atoms with Crippen molar-refractivity contribution < 1.29 is 19.8 Å². The molecule has 64 valence electrons.